The molecular weight excluding hydrogens is 280 g/mol. The Hall–Kier alpha value is -1.83. The fraction of sp³-hybridized carbons (Fsp3) is 0.769. The number of carbonyl (C=O) groups is 3. The van der Waals surface area contributed by atoms with Crippen molar-refractivity contribution in [1.29, 1.82) is 0 Å². The number of nitrogens with one attached hydrogen (secondary N) is 1. The number of urea groups is 1. The lowest BCUT2D eigenvalue weighted by atomic mass is 10.0. The van der Waals surface area contributed by atoms with Gasteiger partial charge in [0.25, 0.3) is 0 Å². The number of carboxylic acids is 1. The lowest BCUT2D eigenvalue weighted by Gasteiger charge is -2.34. The summed E-state index contributed by atoms with van der Waals surface area (Å²) < 4.78 is 9.51. The highest BCUT2D eigenvalue weighted by Gasteiger charge is 2.34. The first-order chi connectivity index (χ1) is 10.0. The molecule has 1 aliphatic rings. The molecule has 0 radical (unpaired) electrons. The maximum Gasteiger partial charge on any atom is 0.328 e. The van der Waals surface area contributed by atoms with E-state index in [-0.39, 0.29) is 13.0 Å². The number of methoxy groups -OCH3 is 2. The number of piperidine rings is 1. The average Bonchev–Trinajstić information content (AvgIpc) is 2.50. The van der Waals surface area contributed by atoms with E-state index in [0.29, 0.717) is 13.0 Å². The van der Waals surface area contributed by atoms with E-state index in [1.807, 2.05) is 0 Å². The van der Waals surface area contributed by atoms with Crippen molar-refractivity contribution in [1.82, 2.24) is 10.2 Å². The van der Waals surface area contributed by atoms with E-state index in [2.05, 4.69) is 5.32 Å². The molecule has 1 fully saturated rings. The van der Waals surface area contributed by atoms with Crippen LogP contribution in [0.2, 0.25) is 0 Å². The lowest BCUT2D eigenvalue weighted by Crippen LogP contribution is -2.55. The summed E-state index contributed by atoms with van der Waals surface area (Å²) in [5.74, 6) is -1.61. The number of rotatable bonds is 6. The Kier molecular flexibility index (Phi) is 6.93. The average molecular weight is 302 g/mol. The quantitative estimate of drug-likeness (QED) is 0.680. The first kappa shape index (κ1) is 17.2. The van der Waals surface area contributed by atoms with Gasteiger partial charge in [-0.15, -0.1) is 0 Å². The van der Waals surface area contributed by atoms with Crippen molar-refractivity contribution >= 4 is 18.0 Å². The Morgan fingerprint density at radius 1 is 1.33 bits per heavy atom. The van der Waals surface area contributed by atoms with Crippen LogP contribution in [0.25, 0.3) is 0 Å². The van der Waals surface area contributed by atoms with E-state index in [0.717, 1.165) is 12.8 Å². The number of likely N-dealkylation sites (tertiary alicyclic amines) is 1. The van der Waals surface area contributed by atoms with E-state index in [9.17, 15) is 14.4 Å². The third kappa shape index (κ3) is 4.89. The Labute approximate surface area is 123 Å². The smallest absolute Gasteiger partial charge is 0.328 e. The molecule has 1 aliphatic heterocycles. The molecule has 1 saturated heterocycles. The predicted molar refractivity (Wildman–Crippen MR) is 72.8 cm³/mol. The fourth-order valence-corrected chi connectivity index (χ4v) is 2.28. The SMILES string of the molecule is COCCC(NC(=O)N1CCCCC1C(=O)OC)C(=O)O. The van der Waals surface area contributed by atoms with E-state index in [1.165, 1.54) is 19.1 Å². The van der Waals surface area contributed by atoms with Gasteiger partial charge in [0, 0.05) is 26.7 Å². The van der Waals surface area contributed by atoms with Crippen LogP contribution in [0, 0.1) is 0 Å². The van der Waals surface area contributed by atoms with Crippen molar-refractivity contribution in [3.05, 3.63) is 0 Å². The van der Waals surface area contributed by atoms with Crippen molar-refractivity contribution in [2.45, 2.75) is 37.8 Å². The zero-order valence-electron chi connectivity index (χ0n) is 12.3. The number of aliphatic carboxylic acids is 1. The van der Waals surface area contributed by atoms with Crippen LogP contribution in [0.1, 0.15) is 25.7 Å². The van der Waals surface area contributed by atoms with Crippen LogP contribution >= 0.6 is 0 Å². The number of hydrogen-bond acceptors (Lipinski definition) is 5. The Bertz CT molecular complexity index is 387. The molecule has 120 valence electrons. The molecule has 8 nitrogen and oxygen atoms in total. The van der Waals surface area contributed by atoms with Gasteiger partial charge in [-0.05, 0) is 19.3 Å². The molecule has 8 heteroatoms. The highest BCUT2D eigenvalue weighted by atomic mass is 16.5. The lowest BCUT2D eigenvalue weighted by molar-refractivity contribution is -0.146. The minimum atomic E-state index is -1.13. The minimum absolute atomic E-state index is 0.161. The van der Waals surface area contributed by atoms with Crippen LogP contribution in [-0.4, -0.2) is 67.4 Å². The number of carboxylic acid groups (broad SMARTS) is 1. The van der Waals surface area contributed by atoms with Crippen molar-refractivity contribution in [3.63, 3.8) is 0 Å². The third-order valence-electron chi connectivity index (χ3n) is 3.44. The molecule has 0 saturated carbocycles. The van der Waals surface area contributed by atoms with Crippen molar-refractivity contribution in [2.75, 3.05) is 27.4 Å². The van der Waals surface area contributed by atoms with Gasteiger partial charge in [0.15, 0.2) is 0 Å². The summed E-state index contributed by atoms with van der Waals surface area (Å²) in [4.78, 5) is 36.4. The molecule has 0 aliphatic carbocycles. The molecule has 0 aromatic rings. The van der Waals surface area contributed by atoms with Crippen LogP contribution in [0.3, 0.4) is 0 Å². The molecule has 21 heavy (non-hydrogen) atoms. The largest absolute Gasteiger partial charge is 0.480 e. The molecule has 2 N–H and O–H groups in total. The van der Waals surface area contributed by atoms with Gasteiger partial charge in [-0.25, -0.2) is 14.4 Å². The highest BCUT2D eigenvalue weighted by Crippen LogP contribution is 2.18. The molecular formula is C13H22N2O6. The maximum atomic E-state index is 12.2. The minimum Gasteiger partial charge on any atom is -0.480 e. The molecule has 2 unspecified atom stereocenters. The summed E-state index contributed by atoms with van der Waals surface area (Å²) in [7, 11) is 2.73. The second-order valence-electron chi connectivity index (χ2n) is 4.85. The maximum absolute atomic E-state index is 12.2. The van der Waals surface area contributed by atoms with Gasteiger partial charge in [0.1, 0.15) is 12.1 Å². The summed E-state index contributed by atoms with van der Waals surface area (Å²) in [5, 5.41) is 11.5. The Balaban J connectivity index is 2.69. The molecule has 0 bridgehead atoms. The van der Waals surface area contributed by atoms with Gasteiger partial charge in [-0.1, -0.05) is 0 Å². The van der Waals surface area contributed by atoms with E-state index < -0.39 is 30.1 Å². The second-order valence-corrected chi connectivity index (χ2v) is 4.85. The monoisotopic (exact) mass is 302 g/mol. The van der Waals surface area contributed by atoms with Crippen molar-refractivity contribution in [3.8, 4) is 0 Å². The van der Waals surface area contributed by atoms with Crippen LogP contribution in [0.5, 0.6) is 0 Å². The van der Waals surface area contributed by atoms with E-state index in [4.69, 9.17) is 14.6 Å². The van der Waals surface area contributed by atoms with Gasteiger partial charge < -0.3 is 24.8 Å². The topological polar surface area (TPSA) is 105 Å². The van der Waals surface area contributed by atoms with E-state index in [1.54, 1.807) is 0 Å². The summed E-state index contributed by atoms with van der Waals surface area (Å²) in [6, 6.07) is -2.26. The van der Waals surface area contributed by atoms with Gasteiger partial charge in [-0.3, -0.25) is 0 Å². The fourth-order valence-electron chi connectivity index (χ4n) is 2.28. The standard InChI is InChI=1S/C13H22N2O6/c1-20-8-6-9(11(16)17)14-13(19)15-7-4-3-5-10(15)12(18)21-2/h9-10H,3-8H2,1-2H3,(H,14,19)(H,16,17). The van der Waals surface area contributed by atoms with Crippen LogP contribution in [0.4, 0.5) is 4.79 Å². The summed E-state index contributed by atoms with van der Waals surface area (Å²) in [6.07, 6.45) is 2.29. The molecule has 0 aromatic carbocycles. The summed E-state index contributed by atoms with van der Waals surface area (Å²) in [6.45, 7) is 0.625. The normalized spacial score (nSPS) is 19.7. The number of carbonyl (C=O) groups excluding carboxylic acids is 2. The van der Waals surface area contributed by atoms with Gasteiger partial charge in [0.2, 0.25) is 0 Å². The van der Waals surface area contributed by atoms with E-state index >= 15 is 0 Å². The molecule has 0 spiro atoms. The number of hydrogen-bond donors (Lipinski definition) is 2. The van der Waals surface area contributed by atoms with Crippen LogP contribution < -0.4 is 5.32 Å². The number of amides is 2. The van der Waals surface area contributed by atoms with Crippen LogP contribution in [-0.2, 0) is 19.1 Å². The first-order valence-corrected chi connectivity index (χ1v) is 6.88. The zero-order valence-corrected chi connectivity index (χ0v) is 12.3. The zero-order chi connectivity index (χ0) is 15.8. The Morgan fingerprint density at radius 2 is 2.05 bits per heavy atom. The molecule has 0 aromatic heterocycles. The predicted octanol–water partition coefficient (Wildman–Crippen LogP) is 0.213. The van der Waals surface area contributed by atoms with Crippen LogP contribution in [0.15, 0.2) is 0 Å². The van der Waals surface area contributed by atoms with Gasteiger partial charge in [0.05, 0.1) is 7.11 Å². The molecule has 2 atom stereocenters. The van der Waals surface area contributed by atoms with Gasteiger partial charge >= 0.3 is 18.0 Å². The number of nitrogens with zero attached hydrogens (tertiary/aromatic N) is 1. The van der Waals surface area contributed by atoms with Crippen molar-refractivity contribution in [2.24, 2.45) is 0 Å². The molecule has 1 rings (SSSR count). The highest BCUT2D eigenvalue weighted by molar-refractivity contribution is 5.86. The second kappa shape index (κ2) is 8.46. The van der Waals surface area contributed by atoms with Gasteiger partial charge in [-0.2, -0.15) is 0 Å². The summed E-state index contributed by atoms with van der Waals surface area (Å²) in [5.41, 5.74) is 0. The molecule has 2 amide bonds. The summed E-state index contributed by atoms with van der Waals surface area (Å²) >= 11 is 0. The number of esters is 1. The Morgan fingerprint density at radius 3 is 2.62 bits per heavy atom. The van der Waals surface area contributed by atoms with Crippen molar-refractivity contribution < 1.29 is 29.0 Å². The number of ether oxygens (including phenoxy) is 2. The molecule has 1 heterocycles. The third-order valence-corrected chi connectivity index (χ3v) is 3.44. The first-order valence-electron chi connectivity index (χ1n) is 6.88.